The van der Waals surface area contributed by atoms with Gasteiger partial charge in [0.1, 0.15) is 5.69 Å². The summed E-state index contributed by atoms with van der Waals surface area (Å²) in [7, 11) is 2.96. The van der Waals surface area contributed by atoms with Crippen LogP contribution in [0, 0.1) is 0 Å². The fourth-order valence-electron chi connectivity index (χ4n) is 3.12. The van der Waals surface area contributed by atoms with E-state index >= 15 is 0 Å². The van der Waals surface area contributed by atoms with E-state index in [1.807, 2.05) is 6.07 Å². The number of pyridine rings is 1. The minimum Gasteiger partial charge on any atom is -0.480 e. The van der Waals surface area contributed by atoms with Crippen LogP contribution in [0.1, 0.15) is 11.3 Å². The summed E-state index contributed by atoms with van der Waals surface area (Å²) in [5.41, 5.74) is 1.09. The number of halogens is 3. The fraction of sp³-hybridized carbons (Fsp3) is 0.182. The van der Waals surface area contributed by atoms with Crippen LogP contribution in [0.5, 0.6) is 11.8 Å². The first kappa shape index (κ1) is 24.4. The predicted molar refractivity (Wildman–Crippen MR) is 118 cm³/mol. The molecule has 3 heterocycles. The molecule has 4 rings (SSSR count). The first-order valence-electron chi connectivity index (χ1n) is 10.3. The molecular formula is C22H19F3N7O4+. The zero-order valence-corrected chi connectivity index (χ0v) is 18.9. The highest BCUT2D eigenvalue weighted by Gasteiger charge is 2.30. The Hall–Kier alpha value is -4.75. The summed E-state index contributed by atoms with van der Waals surface area (Å²) in [6, 6.07) is 8.70. The van der Waals surface area contributed by atoms with Gasteiger partial charge >= 0.3 is 18.1 Å². The molecule has 14 heteroatoms. The van der Waals surface area contributed by atoms with Crippen molar-refractivity contribution in [1.29, 1.82) is 0 Å². The maximum atomic E-state index is 12.8. The lowest BCUT2D eigenvalue weighted by atomic mass is 10.1. The second-order valence-electron chi connectivity index (χ2n) is 7.27. The predicted octanol–water partition coefficient (Wildman–Crippen LogP) is 3.54. The minimum atomic E-state index is -4.52. The van der Waals surface area contributed by atoms with Gasteiger partial charge in [-0.05, 0) is 28.9 Å². The SMILES string of the molecule is COc1cc(-c2ccc(C[n+]3cc(NC(=O)Nc4cccc(C(F)(F)F)c4)on3)nc2)c(OC)nn1. The molecular weight excluding hydrogens is 483 g/mol. The number of methoxy groups -OCH3 is 2. The van der Waals surface area contributed by atoms with Crippen LogP contribution in [0.25, 0.3) is 11.1 Å². The quantitative estimate of drug-likeness (QED) is 0.367. The topological polar surface area (TPSA) is 128 Å². The van der Waals surface area contributed by atoms with Crippen molar-refractivity contribution in [3.05, 3.63) is 66.1 Å². The van der Waals surface area contributed by atoms with Crippen LogP contribution in [-0.4, -0.2) is 40.7 Å². The third-order valence-electron chi connectivity index (χ3n) is 4.79. The number of hydrogen-bond acceptors (Lipinski definition) is 8. The lowest BCUT2D eigenvalue weighted by Crippen LogP contribution is -2.35. The van der Waals surface area contributed by atoms with Crippen LogP contribution in [0.15, 0.2) is 59.4 Å². The Bertz CT molecular complexity index is 1360. The summed E-state index contributed by atoms with van der Waals surface area (Å²) in [6.45, 7) is 0.218. The van der Waals surface area contributed by atoms with Gasteiger partial charge in [-0.3, -0.25) is 14.8 Å². The third kappa shape index (κ3) is 5.84. The monoisotopic (exact) mass is 502 g/mol. The number of carbonyl (C=O) groups is 1. The summed E-state index contributed by atoms with van der Waals surface area (Å²) in [5.74, 6) is 0.622. The average molecular weight is 502 g/mol. The zero-order valence-electron chi connectivity index (χ0n) is 18.9. The van der Waals surface area contributed by atoms with Crippen LogP contribution in [0.3, 0.4) is 0 Å². The highest BCUT2D eigenvalue weighted by molar-refractivity contribution is 5.98. The van der Waals surface area contributed by atoms with Gasteiger partial charge in [-0.15, -0.1) is 10.2 Å². The van der Waals surface area contributed by atoms with E-state index in [0.717, 1.165) is 17.7 Å². The number of nitrogens with zero attached hydrogens (tertiary/aromatic N) is 5. The van der Waals surface area contributed by atoms with Crippen LogP contribution in [0.2, 0.25) is 0 Å². The van der Waals surface area contributed by atoms with Gasteiger partial charge in [-0.1, -0.05) is 12.1 Å². The van der Waals surface area contributed by atoms with E-state index in [9.17, 15) is 18.0 Å². The van der Waals surface area contributed by atoms with Crippen molar-refractivity contribution in [2.45, 2.75) is 12.7 Å². The van der Waals surface area contributed by atoms with Crippen LogP contribution in [0.4, 0.5) is 29.5 Å². The number of urea groups is 1. The number of anilines is 2. The minimum absolute atomic E-state index is 0.0178. The summed E-state index contributed by atoms with van der Waals surface area (Å²) in [4.78, 5) is 16.5. The first-order chi connectivity index (χ1) is 17.2. The number of ether oxygens (including phenoxy) is 2. The summed E-state index contributed by atoms with van der Waals surface area (Å²) in [6.07, 6.45) is -1.50. The van der Waals surface area contributed by atoms with Crippen LogP contribution in [-0.2, 0) is 12.7 Å². The van der Waals surface area contributed by atoms with Crippen LogP contribution < -0.4 is 24.8 Å². The second-order valence-corrected chi connectivity index (χ2v) is 7.27. The van der Waals surface area contributed by atoms with Gasteiger partial charge < -0.3 is 14.8 Å². The van der Waals surface area contributed by atoms with E-state index in [2.05, 4.69) is 31.1 Å². The highest BCUT2D eigenvalue weighted by Crippen LogP contribution is 2.31. The Kier molecular flexibility index (Phi) is 6.94. The summed E-state index contributed by atoms with van der Waals surface area (Å²) < 4.78 is 55.3. The molecule has 0 saturated carbocycles. The molecule has 0 radical (unpaired) electrons. The molecule has 36 heavy (non-hydrogen) atoms. The molecule has 4 aromatic rings. The van der Waals surface area contributed by atoms with Crippen molar-refractivity contribution < 1.29 is 36.6 Å². The van der Waals surface area contributed by atoms with Gasteiger partial charge in [0.25, 0.3) is 6.20 Å². The molecule has 0 spiro atoms. The lowest BCUT2D eigenvalue weighted by molar-refractivity contribution is -0.755. The Labute approximate surface area is 201 Å². The largest absolute Gasteiger partial charge is 0.480 e. The number of alkyl halides is 3. The summed E-state index contributed by atoms with van der Waals surface area (Å²) >= 11 is 0. The normalized spacial score (nSPS) is 11.1. The van der Waals surface area contributed by atoms with Crippen molar-refractivity contribution in [2.75, 3.05) is 24.9 Å². The van der Waals surface area contributed by atoms with E-state index < -0.39 is 17.8 Å². The number of aromatic nitrogens is 5. The van der Waals surface area contributed by atoms with Crippen molar-refractivity contribution in [1.82, 2.24) is 20.5 Å². The van der Waals surface area contributed by atoms with E-state index in [1.54, 1.807) is 18.3 Å². The molecule has 0 aliphatic heterocycles. The number of hydrogen-bond donors (Lipinski definition) is 2. The molecule has 0 saturated heterocycles. The van der Waals surface area contributed by atoms with E-state index in [-0.39, 0.29) is 18.1 Å². The smallest absolute Gasteiger partial charge is 0.416 e. The van der Waals surface area contributed by atoms with E-state index in [4.69, 9.17) is 14.0 Å². The number of nitrogens with one attached hydrogen (secondary N) is 2. The van der Waals surface area contributed by atoms with Crippen molar-refractivity contribution in [2.24, 2.45) is 0 Å². The Morgan fingerprint density at radius 1 is 1.08 bits per heavy atom. The lowest BCUT2D eigenvalue weighted by Gasteiger charge is -2.09. The number of rotatable bonds is 7. The molecule has 0 atom stereocenters. The van der Waals surface area contributed by atoms with Crippen LogP contribution >= 0.6 is 0 Å². The third-order valence-corrected chi connectivity index (χ3v) is 4.79. The van der Waals surface area contributed by atoms with Crippen molar-refractivity contribution in [3.8, 4) is 22.9 Å². The van der Waals surface area contributed by atoms with Gasteiger partial charge in [-0.2, -0.15) is 13.2 Å². The summed E-state index contributed by atoms with van der Waals surface area (Å²) in [5, 5.41) is 16.3. The molecule has 1 aromatic carbocycles. The molecule has 0 unspecified atom stereocenters. The zero-order chi connectivity index (χ0) is 25.7. The molecule has 3 aromatic heterocycles. The molecule has 0 aliphatic carbocycles. The molecule has 0 aliphatic rings. The highest BCUT2D eigenvalue weighted by atomic mass is 19.4. The molecule has 0 bridgehead atoms. The average Bonchev–Trinajstić information content (AvgIpc) is 3.30. The Morgan fingerprint density at radius 2 is 1.92 bits per heavy atom. The maximum absolute atomic E-state index is 12.8. The van der Waals surface area contributed by atoms with Gasteiger partial charge in [0, 0.05) is 23.5 Å². The van der Waals surface area contributed by atoms with Crippen molar-refractivity contribution in [3.63, 3.8) is 0 Å². The second kappa shape index (κ2) is 10.2. The maximum Gasteiger partial charge on any atom is 0.416 e. The van der Waals surface area contributed by atoms with Crippen molar-refractivity contribution >= 4 is 17.6 Å². The molecule has 0 fully saturated rings. The first-order valence-corrected chi connectivity index (χ1v) is 10.3. The molecule has 2 amide bonds. The Morgan fingerprint density at radius 3 is 2.61 bits per heavy atom. The van der Waals surface area contributed by atoms with Gasteiger partial charge in [-0.25, -0.2) is 4.79 Å². The van der Waals surface area contributed by atoms with Gasteiger partial charge in [0.05, 0.1) is 25.3 Å². The number of carbonyl (C=O) groups excluding carboxylic acids is 1. The van der Waals surface area contributed by atoms with E-state index in [0.29, 0.717) is 23.0 Å². The van der Waals surface area contributed by atoms with Gasteiger partial charge in [0.2, 0.25) is 23.6 Å². The standard InChI is InChI=1S/C22H18F3N7O4/c1-34-18-9-17(20(35-2)30-29-18)13-6-7-16(26-10-13)11-32-12-19(36-31-32)28-21(33)27-15-5-3-4-14(8-15)22(23,24)25/h3-10,12H,11H2,1-2H3,(H-,27,28,31,33)/p+1. The molecule has 2 N–H and O–H groups in total. The van der Waals surface area contributed by atoms with Gasteiger partial charge in [0.15, 0.2) is 0 Å². The Balaban J connectivity index is 1.38. The number of amides is 2. The molecule has 11 nitrogen and oxygen atoms in total. The number of benzene rings is 1. The fourth-order valence-corrected chi connectivity index (χ4v) is 3.12. The molecule has 186 valence electrons. The van der Waals surface area contributed by atoms with E-state index in [1.165, 1.54) is 37.2 Å².